The van der Waals surface area contributed by atoms with Crippen LogP contribution in [-0.4, -0.2) is 38.7 Å². The molecule has 3 N–H and O–H groups in total. The van der Waals surface area contributed by atoms with Gasteiger partial charge in [0, 0.05) is 18.7 Å². The predicted octanol–water partition coefficient (Wildman–Crippen LogP) is 3.59. The summed E-state index contributed by atoms with van der Waals surface area (Å²) in [6.07, 6.45) is 0. The van der Waals surface area contributed by atoms with Crippen LogP contribution >= 0.6 is 24.0 Å². The molecule has 0 saturated heterocycles. The first kappa shape index (κ1) is 27.4. The zero-order valence-electron chi connectivity index (χ0n) is 18.3. The Morgan fingerprint density at radius 3 is 2.44 bits per heavy atom. The lowest BCUT2D eigenvalue weighted by Gasteiger charge is -2.13. The van der Waals surface area contributed by atoms with E-state index in [9.17, 15) is 13.6 Å². The van der Waals surface area contributed by atoms with Crippen molar-refractivity contribution < 1.29 is 23.0 Å². The fourth-order valence-electron chi connectivity index (χ4n) is 2.72. The maximum Gasteiger partial charge on any atom is 0.387 e. The fourth-order valence-corrected chi connectivity index (χ4v) is 2.72. The molecular weight excluding hydrogens is 533 g/mol. The molecule has 2 rings (SSSR count). The summed E-state index contributed by atoms with van der Waals surface area (Å²) in [4.78, 5) is 16.5. The topological polar surface area (TPSA) is 84.0 Å². The minimum absolute atomic E-state index is 0. The Morgan fingerprint density at radius 1 is 1.09 bits per heavy atom. The van der Waals surface area contributed by atoms with Crippen molar-refractivity contribution in [2.24, 2.45) is 4.99 Å². The molecule has 176 valence electrons. The van der Waals surface area contributed by atoms with E-state index >= 15 is 0 Å². The van der Waals surface area contributed by atoms with Gasteiger partial charge in [0.05, 0.1) is 20.2 Å². The van der Waals surface area contributed by atoms with Gasteiger partial charge in [-0.3, -0.25) is 4.79 Å². The predicted molar refractivity (Wildman–Crippen MR) is 131 cm³/mol. The highest BCUT2D eigenvalue weighted by Gasteiger charge is 2.10. The van der Waals surface area contributed by atoms with E-state index in [1.54, 1.807) is 19.2 Å². The van der Waals surface area contributed by atoms with Gasteiger partial charge in [-0.2, -0.15) is 8.78 Å². The third-order valence-electron chi connectivity index (χ3n) is 4.25. The third kappa shape index (κ3) is 9.67. The molecule has 0 spiro atoms. The Kier molecular flexibility index (Phi) is 12.4. The fraction of sp³-hybridized carbons (Fsp3) is 0.364. The molecule has 0 aliphatic rings. The van der Waals surface area contributed by atoms with Gasteiger partial charge in [-0.15, -0.1) is 24.0 Å². The monoisotopic (exact) mass is 562 g/mol. The van der Waals surface area contributed by atoms with E-state index in [0.29, 0.717) is 24.6 Å². The summed E-state index contributed by atoms with van der Waals surface area (Å²) in [6, 6.07) is 12.3. The molecule has 0 fully saturated rings. The Morgan fingerprint density at radius 2 is 1.81 bits per heavy atom. The van der Waals surface area contributed by atoms with Crippen molar-refractivity contribution in [3.63, 3.8) is 0 Å². The number of aliphatic imine (C=N–C) groups is 1. The minimum atomic E-state index is -2.91. The second-order valence-electron chi connectivity index (χ2n) is 6.66. The summed E-state index contributed by atoms with van der Waals surface area (Å²) in [7, 11) is 1.59. The van der Waals surface area contributed by atoms with E-state index in [0.717, 1.165) is 16.9 Å². The molecule has 2 aromatic rings. The van der Waals surface area contributed by atoms with E-state index in [1.165, 1.54) is 6.07 Å². The number of benzene rings is 2. The van der Waals surface area contributed by atoms with Crippen LogP contribution in [0, 0.1) is 6.92 Å². The van der Waals surface area contributed by atoms with Gasteiger partial charge in [0.25, 0.3) is 0 Å². The number of alkyl halides is 2. The third-order valence-corrected chi connectivity index (χ3v) is 4.25. The first-order valence-corrected chi connectivity index (χ1v) is 9.87. The highest BCUT2D eigenvalue weighted by atomic mass is 127. The van der Waals surface area contributed by atoms with Gasteiger partial charge in [-0.05, 0) is 37.6 Å². The van der Waals surface area contributed by atoms with Crippen molar-refractivity contribution in [1.29, 1.82) is 0 Å². The van der Waals surface area contributed by atoms with Gasteiger partial charge < -0.3 is 25.4 Å². The zero-order valence-corrected chi connectivity index (χ0v) is 20.6. The summed E-state index contributed by atoms with van der Waals surface area (Å²) in [5, 5.41) is 8.78. The smallest absolute Gasteiger partial charge is 0.387 e. The molecule has 0 aromatic heterocycles. The molecule has 0 aliphatic heterocycles. The molecule has 32 heavy (non-hydrogen) atoms. The van der Waals surface area contributed by atoms with Crippen molar-refractivity contribution in [2.75, 3.05) is 20.2 Å². The highest BCUT2D eigenvalue weighted by molar-refractivity contribution is 14.0. The summed E-state index contributed by atoms with van der Waals surface area (Å²) in [6.45, 7) is 1.92. The summed E-state index contributed by atoms with van der Waals surface area (Å²) in [5.74, 6) is 1.02. The number of carbonyl (C=O) groups is 1. The average molecular weight is 562 g/mol. The number of ether oxygens (including phenoxy) is 2. The van der Waals surface area contributed by atoms with Crippen LogP contribution in [0.1, 0.15) is 23.6 Å². The lowest BCUT2D eigenvalue weighted by atomic mass is 10.1. The van der Waals surface area contributed by atoms with Gasteiger partial charge in [0.15, 0.2) is 5.96 Å². The van der Waals surface area contributed by atoms with E-state index in [-0.39, 0.29) is 48.7 Å². The molecule has 0 saturated carbocycles. The van der Waals surface area contributed by atoms with Gasteiger partial charge in [0.1, 0.15) is 11.5 Å². The van der Waals surface area contributed by atoms with E-state index in [4.69, 9.17) is 4.74 Å². The van der Waals surface area contributed by atoms with E-state index < -0.39 is 6.61 Å². The zero-order chi connectivity index (χ0) is 22.6. The van der Waals surface area contributed by atoms with E-state index in [2.05, 4.69) is 25.7 Å². The van der Waals surface area contributed by atoms with Gasteiger partial charge >= 0.3 is 6.61 Å². The molecule has 10 heteroatoms. The highest BCUT2D eigenvalue weighted by Crippen LogP contribution is 2.22. The van der Waals surface area contributed by atoms with Crippen LogP contribution in [0.15, 0.2) is 47.5 Å². The maximum atomic E-state index is 12.6. The number of guanidine groups is 1. The van der Waals surface area contributed by atoms with Crippen LogP contribution in [0.5, 0.6) is 11.5 Å². The molecule has 0 aliphatic carbocycles. The lowest BCUT2D eigenvalue weighted by Crippen LogP contribution is -2.43. The Hall–Kier alpha value is -2.63. The van der Waals surface area contributed by atoms with Crippen LogP contribution in [-0.2, 0) is 17.9 Å². The number of nitrogens with zero attached hydrogens (tertiary/aromatic N) is 1. The van der Waals surface area contributed by atoms with Crippen molar-refractivity contribution in [1.82, 2.24) is 16.0 Å². The lowest BCUT2D eigenvalue weighted by molar-refractivity contribution is -0.120. The quantitative estimate of drug-likeness (QED) is 0.234. The van der Waals surface area contributed by atoms with Crippen LogP contribution < -0.4 is 25.4 Å². The largest absolute Gasteiger partial charge is 0.497 e. The SMILES string of the molecule is CCNC(=NCc1cc(C)ccc1OC(F)F)NCC(=O)NCc1ccc(OC)cc1.I. The van der Waals surface area contributed by atoms with E-state index in [1.807, 2.05) is 38.1 Å². The molecular formula is C22H29F2IN4O3. The Labute approximate surface area is 204 Å². The maximum absolute atomic E-state index is 12.6. The average Bonchev–Trinajstić information content (AvgIpc) is 2.75. The second-order valence-corrected chi connectivity index (χ2v) is 6.66. The van der Waals surface area contributed by atoms with Crippen LogP contribution in [0.2, 0.25) is 0 Å². The normalized spacial score (nSPS) is 10.9. The number of aryl methyl sites for hydroxylation is 1. The number of rotatable bonds is 10. The molecule has 0 unspecified atom stereocenters. The molecule has 0 atom stereocenters. The molecule has 1 amide bonds. The first-order valence-electron chi connectivity index (χ1n) is 9.87. The van der Waals surface area contributed by atoms with Gasteiger partial charge in [-0.1, -0.05) is 29.8 Å². The van der Waals surface area contributed by atoms with Crippen LogP contribution in [0.4, 0.5) is 8.78 Å². The number of methoxy groups -OCH3 is 1. The number of halogens is 3. The van der Waals surface area contributed by atoms with Gasteiger partial charge in [0.2, 0.25) is 5.91 Å². The van der Waals surface area contributed by atoms with Crippen molar-refractivity contribution >= 4 is 35.8 Å². The first-order chi connectivity index (χ1) is 14.9. The summed E-state index contributed by atoms with van der Waals surface area (Å²) in [5.41, 5.74) is 2.38. The van der Waals surface area contributed by atoms with Crippen molar-refractivity contribution in [3.8, 4) is 11.5 Å². The Bertz CT molecular complexity index is 880. The molecule has 7 nitrogen and oxygen atoms in total. The van der Waals surface area contributed by atoms with Crippen molar-refractivity contribution in [2.45, 2.75) is 33.5 Å². The molecule has 2 aromatic carbocycles. The number of hydrogen-bond acceptors (Lipinski definition) is 4. The second kappa shape index (κ2) is 14.4. The number of amides is 1. The standard InChI is InChI=1S/C22H28F2N4O3.HI/c1-4-25-22(27-13-17-11-15(2)5-10-19(17)31-21(23)24)28-14-20(29)26-12-16-6-8-18(30-3)9-7-16;/h5-11,21H,4,12-14H2,1-3H3,(H,26,29)(H2,25,27,28);1H. The summed E-state index contributed by atoms with van der Waals surface area (Å²) < 4.78 is 34.9. The minimum Gasteiger partial charge on any atom is -0.497 e. The number of hydrogen-bond donors (Lipinski definition) is 3. The number of nitrogens with one attached hydrogen (secondary N) is 3. The van der Waals surface area contributed by atoms with Crippen molar-refractivity contribution in [3.05, 3.63) is 59.2 Å². The molecule has 0 bridgehead atoms. The number of carbonyl (C=O) groups excluding carboxylic acids is 1. The van der Waals surface area contributed by atoms with Crippen LogP contribution in [0.25, 0.3) is 0 Å². The van der Waals surface area contributed by atoms with Gasteiger partial charge in [-0.25, -0.2) is 4.99 Å². The Balaban J connectivity index is 0.00000512. The summed E-state index contributed by atoms with van der Waals surface area (Å²) >= 11 is 0. The van der Waals surface area contributed by atoms with Crippen LogP contribution in [0.3, 0.4) is 0 Å². The molecule has 0 heterocycles. The molecule has 0 radical (unpaired) electrons.